The van der Waals surface area contributed by atoms with Gasteiger partial charge < -0.3 is 4.74 Å². The van der Waals surface area contributed by atoms with Gasteiger partial charge in [0.15, 0.2) is 0 Å². The molecule has 0 aromatic heterocycles. The fourth-order valence-electron chi connectivity index (χ4n) is 1.99. The van der Waals surface area contributed by atoms with E-state index in [0.29, 0.717) is 6.61 Å². The summed E-state index contributed by atoms with van der Waals surface area (Å²) in [6, 6.07) is 18.7. The van der Waals surface area contributed by atoms with Crippen LogP contribution in [0.3, 0.4) is 0 Å². The van der Waals surface area contributed by atoms with Gasteiger partial charge in [0.1, 0.15) is 12.4 Å². The van der Waals surface area contributed by atoms with Crippen LogP contribution in [0.25, 0.3) is 9.34 Å². The highest BCUT2D eigenvalue weighted by atomic mass is 127. The molecule has 0 atom stereocenters. The Hall–Kier alpha value is -1.29. The summed E-state index contributed by atoms with van der Waals surface area (Å²) in [6.07, 6.45) is 0. The number of hydrogen-bond acceptors (Lipinski definition) is 1. The second kappa shape index (κ2) is 4.53. The Morgan fingerprint density at radius 1 is 0.941 bits per heavy atom. The molecule has 84 valence electrons. The van der Waals surface area contributed by atoms with Crippen LogP contribution in [0, 0.1) is 0 Å². The highest BCUT2D eigenvalue weighted by molar-refractivity contribution is 14.1. The van der Waals surface area contributed by atoms with E-state index in [1.165, 1.54) is 20.3 Å². The van der Waals surface area contributed by atoms with Crippen LogP contribution >= 0.6 is 22.6 Å². The van der Waals surface area contributed by atoms with Crippen molar-refractivity contribution in [2.75, 3.05) is 0 Å². The molecule has 0 saturated carbocycles. The average molecular weight is 334 g/mol. The van der Waals surface area contributed by atoms with Crippen LogP contribution < -0.4 is 0 Å². The third-order valence-electron chi connectivity index (χ3n) is 2.86. The highest BCUT2D eigenvalue weighted by Gasteiger charge is 2.20. The van der Waals surface area contributed by atoms with Crippen LogP contribution in [0.1, 0.15) is 16.7 Å². The molecular formula is C15H11IO. The lowest BCUT2D eigenvalue weighted by atomic mass is 10.1. The minimum Gasteiger partial charge on any atom is -0.487 e. The van der Waals surface area contributed by atoms with Crippen molar-refractivity contribution in [1.82, 2.24) is 0 Å². The van der Waals surface area contributed by atoms with Gasteiger partial charge in [-0.25, -0.2) is 0 Å². The SMILES string of the molecule is I/C(=C1\OCc2ccccc21)c1ccccc1. The molecule has 1 heterocycles. The van der Waals surface area contributed by atoms with E-state index in [1.54, 1.807) is 0 Å². The topological polar surface area (TPSA) is 9.23 Å². The van der Waals surface area contributed by atoms with E-state index in [-0.39, 0.29) is 0 Å². The van der Waals surface area contributed by atoms with Crippen molar-refractivity contribution in [3.05, 3.63) is 71.3 Å². The second-order valence-electron chi connectivity index (χ2n) is 3.95. The van der Waals surface area contributed by atoms with Gasteiger partial charge in [0, 0.05) is 11.1 Å². The van der Waals surface area contributed by atoms with Crippen LogP contribution in [0.2, 0.25) is 0 Å². The zero-order valence-corrected chi connectivity index (χ0v) is 11.3. The molecule has 0 spiro atoms. The lowest BCUT2D eigenvalue weighted by Crippen LogP contribution is -1.84. The number of ether oxygens (including phenoxy) is 1. The maximum absolute atomic E-state index is 5.81. The van der Waals surface area contributed by atoms with E-state index in [9.17, 15) is 0 Å². The van der Waals surface area contributed by atoms with E-state index in [0.717, 1.165) is 5.76 Å². The molecule has 2 aromatic rings. The highest BCUT2D eigenvalue weighted by Crippen LogP contribution is 2.38. The number of hydrogen-bond donors (Lipinski definition) is 0. The predicted molar refractivity (Wildman–Crippen MR) is 78.5 cm³/mol. The van der Waals surface area contributed by atoms with Crippen LogP contribution in [-0.2, 0) is 11.3 Å². The van der Waals surface area contributed by atoms with Crippen molar-refractivity contribution in [1.29, 1.82) is 0 Å². The first-order valence-corrected chi connectivity index (χ1v) is 6.60. The maximum Gasteiger partial charge on any atom is 0.141 e. The Labute approximate surface area is 114 Å². The number of halogens is 1. The largest absolute Gasteiger partial charge is 0.487 e. The molecule has 0 bridgehead atoms. The predicted octanol–water partition coefficient (Wildman–Crippen LogP) is 4.48. The van der Waals surface area contributed by atoms with Gasteiger partial charge in [-0.15, -0.1) is 0 Å². The monoisotopic (exact) mass is 334 g/mol. The fraction of sp³-hybridized carbons (Fsp3) is 0.0667. The summed E-state index contributed by atoms with van der Waals surface area (Å²) in [4.78, 5) is 0. The van der Waals surface area contributed by atoms with Gasteiger partial charge in [0.25, 0.3) is 0 Å². The number of fused-ring (bicyclic) bond motifs is 1. The summed E-state index contributed by atoms with van der Waals surface area (Å²) in [5, 5.41) is 0. The minimum atomic E-state index is 0.685. The summed E-state index contributed by atoms with van der Waals surface area (Å²) >= 11 is 2.36. The fourth-order valence-corrected chi connectivity index (χ4v) is 2.80. The molecule has 1 nitrogen and oxygen atoms in total. The average Bonchev–Trinajstić information content (AvgIpc) is 2.83. The van der Waals surface area contributed by atoms with Crippen molar-refractivity contribution >= 4 is 31.9 Å². The van der Waals surface area contributed by atoms with Gasteiger partial charge in [-0.05, 0) is 28.2 Å². The number of benzene rings is 2. The number of rotatable bonds is 1. The molecule has 2 heteroatoms. The second-order valence-corrected chi connectivity index (χ2v) is 5.03. The third kappa shape index (κ3) is 1.97. The van der Waals surface area contributed by atoms with Gasteiger partial charge in [0.2, 0.25) is 0 Å². The summed E-state index contributed by atoms with van der Waals surface area (Å²) in [7, 11) is 0. The first-order chi connectivity index (χ1) is 8.36. The quantitative estimate of drug-likeness (QED) is 0.699. The lowest BCUT2D eigenvalue weighted by molar-refractivity contribution is 0.287. The summed E-state index contributed by atoms with van der Waals surface area (Å²) < 4.78 is 6.99. The molecule has 1 aliphatic heterocycles. The van der Waals surface area contributed by atoms with Gasteiger partial charge in [-0.1, -0.05) is 54.6 Å². The molecule has 0 fully saturated rings. The van der Waals surface area contributed by atoms with Crippen LogP contribution in [0.4, 0.5) is 0 Å². The summed E-state index contributed by atoms with van der Waals surface area (Å²) in [6.45, 7) is 0.685. The Morgan fingerprint density at radius 3 is 2.47 bits per heavy atom. The van der Waals surface area contributed by atoms with E-state index >= 15 is 0 Å². The zero-order valence-electron chi connectivity index (χ0n) is 9.19. The van der Waals surface area contributed by atoms with Crippen molar-refractivity contribution in [2.24, 2.45) is 0 Å². The first kappa shape index (κ1) is 10.8. The molecule has 0 unspecified atom stereocenters. The molecule has 0 aliphatic carbocycles. The Bertz CT molecular complexity index is 572. The first-order valence-electron chi connectivity index (χ1n) is 5.52. The molecule has 0 N–H and O–H groups in total. The third-order valence-corrected chi connectivity index (χ3v) is 3.97. The van der Waals surface area contributed by atoms with E-state index in [1.807, 2.05) is 6.07 Å². The van der Waals surface area contributed by atoms with E-state index < -0.39 is 0 Å². The molecule has 3 rings (SSSR count). The Morgan fingerprint density at radius 2 is 1.65 bits per heavy atom. The molecule has 0 saturated heterocycles. The molecule has 2 aromatic carbocycles. The maximum atomic E-state index is 5.81. The normalized spacial score (nSPS) is 16.3. The smallest absolute Gasteiger partial charge is 0.141 e. The molecular weight excluding hydrogens is 323 g/mol. The van der Waals surface area contributed by atoms with Crippen LogP contribution in [-0.4, -0.2) is 0 Å². The zero-order chi connectivity index (χ0) is 11.7. The van der Waals surface area contributed by atoms with Crippen molar-refractivity contribution in [3.63, 3.8) is 0 Å². The molecule has 0 amide bonds. The Kier molecular flexibility index (Phi) is 2.89. The molecule has 17 heavy (non-hydrogen) atoms. The van der Waals surface area contributed by atoms with Gasteiger partial charge in [-0.2, -0.15) is 0 Å². The Balaban J connectivity index is 2.12. The van der Waals surface area contributed by atoms with Gasteiger partial charge >= 0.3 is 0 Å². The summed E-state index contributed by atoms with van der Waals surface area (Å²) in [5.74, 6) is 1.01. The van der Waals surface area contributed by atoms with E-state index in [2.05, 4.69) is 71.1 Å². The van der Waals surface area contributed by atoms with Gasteiger partial charge in [0.05, 0.1) is 3.58 Å². The van der Waals surface area contributed by atoms with Crippen molar-refractivity contribution < 1.29 is 4.74 Å². The van der Waals surface area contributed by atoms with E-state index in [4.69, 9.17) is 4.74 Å². The van der Waals surface area contributed by atoms with Crippen molar-refractivity contribution in [3.8, 4) is 0 Å². The standard InChI is InChI=1S/C15H11IO/c16-14(11-6-2-1-3-7-11)15-13-9-5-4-8-12(13)10-17-15/h1-9H,10H2/b15-14-. The molecule has 1 aliphatic rings. The lowest BCUT2D eigenvalue weighted by Gasteiger charge is -2.05. The van der Waals surface area contributed by atoms with Crippen LogP contribution in [0.15, 0.2) is 54.6 Å². The van der Waals surface area contributed by atoms with Crippen LogP contribution in [0.5, 0.6) is 0 Å². The minimum absolute atomic E-state index is 0.685. The van der Waals surface area contributed by atoms with Crippen molar-refractivity contribution in [2.45, 2.75) is 6.61 Å². The summed E-state index contributed by atoms with van der Waals surface area (Å²) in [5.41, 5.74) is 3.70. The molecule has 0 radical (unpaired) electrons. The van der Waals surface area contributed by atoms with Gasteiger partial charge in [-0.3, -0.25) is 0 Å².